The number of imidazole rings is 1. The molecule has 0 unspecified atom stereocenters. The van der Waals surface area contributed by atoms with Gasteiger partial charge in [0.05, 0.1) is 24.3 Å². The van der Waals surface area contributed by atoms with Crippen LogP contribution in [0.2, 0.25) is 25.7 Å². The average molecular weight is 573 g/mol. The molecular weight excluding hydrogens is 538 g/mol. The van der Waals surface area contributed by atoms with Gasteiger partial charge in [-0.05, 0) is 23.1 Å². The molecule has 11 heteroatoms. The van der Waals surface area contributed by atoms with E-state index in [0.29, 0.717) is 25.0 Å². The molecule has 8 nitrogen and oxygen atoms in total. The Balaban J connectivity index is 1.32. The van der Waals surface area contributed by atoms with Crippen LogP contribution in [-0.4, -0.2) is 72.8 Å². The van der Waals surface area contributed by atoms with Crippen LogP contribution in [0.5, 0.6) is 6.01 Å². The number of fused-ring (bicyclic) bond motifs is 2. The number of carbonyl (C=O) groups is 1. The summed E-state index contributed by atoms with van der Waals surface area (Å²) in [6.45, 7) is 7.56. The molecule has 3 aliphatic rings. The van der Waals surface area contributed by atoms with Crippen LogP contribution in [0, 0.1) is 11.6 Å². The zero-order valence-corrected chi connectivity index (χ0v) is 23.9. The summed E-state index contributed by atoms with van der Waals surface area (Å²) in [5.41, 5.74) is 1.38. The first-order valence-electron chi connectivity index (χ1n) is 13.7. The Kier molecular flexibility index (Phi) is 7.28. The number of ether oxygens (including phenoxy) is 4. The highest BCUT2D eigenvalue weighted by Crippen LogP contribution is 2.38. The lowest BCUT2D eigenvalue weighted by Crippen LogP contribution is -2.35. The number of aromatic nitrogens is 2. The van der Waals surface area contributed by atoms with Gasteiger partial charge in [-0.3, -0.25) is 9.36 Å². The van der Waals surface area contributed by atoms with Gasteiger partial charge < -0.3 is 24.1 Å². The van der Waals surface area contributed by atoms with Gasteiger partial charge in [-0.25, -0.2) is 8.78 Å². The molecule has 1 saturated carbocycles. The minimum Gasteiger partial charge on any atom is -0.456 e. The van der Waals surface area contributed by atoms with Crippen LogP contribution in [-0.2, 0) is 25.7 Å². The fourth-order valence-electron chi connectivity index (χ4n) is 5.51. The summed E-state index contributed by atoms with van der Waals surface area (Å²) >= 11 is 0. The molecule has 2 aromatic carbocycles. The van der Waals surface area contributed by atoms with Gasteiger partial charge in [0.2, 0.25) is 0 Å². The monoisotopic (exact) mass is 572 g/mol. The number of rotatable bonds is 9. The van der Waals surface area contributed by atoms with Gasteiger partial charge in [0.1, 0.15) is 42.2 Å². The Hall–Kier alpha value is -2.70. The maximum atomic E-state index is 16.0. The minimum atomic E-state index is -1.35. The van der Waals surface area contributed by atoms with Crippen molar-refractivity contribution in [2.45, 2.75) is 75.6 Å². The maximum Gasteiger partial charge on any atom is 0.299 e. The van der Waals surface area contributed by atoms with Crippen molar-refractivity contribution in [3.8, 4) is 17.1 Å². The molecule has 4 atom stereocenters. The Morgan fingerprint density at radius 3 is 2.52 bits per heavy atom. The fourth-order valence-corrected chi connectivity index (χ4v) is 6.27. The van der Waals surface area contributed by atoms with Crippen LogP contribution < -0.4 is 4.74 Å². The third kappa shape index (κ3) is 5.21. The Morgan fingerprint density at radius 1 is 1.10 bits per heavy atom. The van der Waals surface area contributed by atoms with Crippen LogP contribution in [0.3, 0.4) is 0 Å². The predicted molar refractivity (Wildman–Crippen MR) is 146 cm³/mol. The topological polar surface area (TPSA) is 92.0 Å². The van der Waals surface area contributed by atoms with E-state index >= 15 is 8.78 Å². The molecule has 1 aliphatic carbocycles. The molecule has 0 amide bonds. The summed E-state index contributed by atoms with van der Waals surface area (Å²) in [5.74, 6) is -1.12. The second kappa shape index (κ2) is 10.6. The number of Topliss-reactive ketones (excluding diaryl/α,β-unsaturated/α-hetero) is 1. The largest absolute Gasteiger partial charge is 0.456 e. The van der Waals surface area contributed by atoms with Gasteiger partial charge in [-0.1, -0.05) is 43.9 Å². The normalized spacial score (nSPS) is 25.0. The zero-order valence-electron chi connectivity index (χ0n) is 22.9. The first-order chi connectivity index (χ1) is 19.1. The number of halogens is 2. The van der Waals surface area contributed by atoms with Gasteiger partial charge in [0.25, 0.3) is 6.01 Å². The Bertz CT molecular complexity index is 1410. The standard InChI is InChI=1S/C29H34F2N2O6Si/c1-40(2,3)9-8-36-15-33-21-12-20(30)24(17-6-4-16(5-7-17)18-10-19(34)11-18)25(31)26(21)32-29(33)39-23-14-38-27-22(35)13-37-28(23)27/h4-7,12,18,22-23,27-28,35H,8-11,13-15H2,1-3H3/t22-,23-,27-,28-/m1/s1. The molecule has 0 bridgehead atoms. The van der Waals surface area contributed by atoms with E-state index < -0.39 is 44.1 Å². The summed E-state index contributed by atoms with van der Waals surface area (Å²) in [5, 5.41) is 10.1. The molecule has 6 rings (SSSR count). The second-order valence-electron chi connectivity index (χ2n) is 12.2. The van der Waals surface area contributed by atoms with Crippen molar-refractivity contribution in [1.82, 2.24) is 9.55 Å². The molecule has 3 fully saturated rings. The smallest absolute Gasteiger partial charge is 0.299 e. The number of nitrogens with zero attached hydrogens (tertiary/aromatic N) is 2. The van der Waals surface area contributed by atoms with E-state index in [0.717, 1.165) is 11.6 Å². The van der Waals surface area contributed by atoms with E-state index in [9.17, 15) is 9.90 Å². The van der Waals surface area contributed by atoms with Crippen LogP contribution in [0.4, 0.5) is 8.78 Å². The second-order valence-corrected chi connectivity index (χ2v) is 17.8. The SMILES string of the molecule is C[Si](C)(C)CCOCn1c(O[C@@H]2CO[C@H]3[C@@H]2OC[C@H]3O)nc2c(F)c(-c3ccc(C4CC(=O)C4)cc3)c(F)cc21. The first-order valence-corrected chi connectivity index (χ1v) is 17.5. The fraction of sp³-hybridized carbons (Fsp3) is 0.517. The molecule has 0 spiro atoms. The number of aliphatic hydroxyl groups is 1. The van der Waals surface area contributed by atoms with Gasteiger partial charge in [0.15, 0.2) is 11.9 Å². The number of benzene rings is 2. The molecular formula is C29H34F2N2O6Si. The van der Waals surface area contributed by atoms with Gasteiger partial charge >= 0.3 is 0 Å². The van der Waals surface area contributed by atoms with Crippen molar-refractivity contribution in [1.29, 1.82) is 0 Å². The Labute approximate surface area is 232 Å². The van der Waals surface area contributed by atoms with E-state index in [1.807, 2.05) is 12.1 Å². The van der Waals surface area contributed by atoms with Gasteiger partial charge in [-0.15, -0.1) is 0 Å². The van der Waals surface area contributed by atoms with E-state index in [2.05, 4.69) is 24.6 Å². The molecule has 1 N–H and O–H groups in total. The summed E-state index contributed by atoms with van der Waals surface area (Å²) in [6, 6.07) is 9.26. The van der Waals surface area contributed by atoms with Crippen molar-refractivity contribution in [2.75, 3.05) is 19.8 Å². The molecule has 2 aliphatic heterocycles. The van der Waals surface area contributed by atoms with Crippen molar-refractivity contribution in [2.24, 2.45) is 0 Å². The van der Waals surface area contributed by atoms with Crippen molar-refractivity contribution >= 4 is 24.9 Å². The number of ketones is 1. The van der Waals surface area contributed by atoms with Crippen LogP contribution >= 0.6 is 0 Å². The van der Waals surface area contributed by atoms with E-state index in [4.69, 9.17) is 18.9 Å². The molecule has 1 aromatic heterocycles. The van der Waals surface area contributed by atoms with Crippen LogP contribution in [0.15, 0.2) is 30.3 Å². The number of aliphatic hydroxyl groups excluding tert-OH is 1. The number of hydrogen-bond donors (Lipinski definition) is 1. The van der Waals surface area contributed by atoms with E-state index in [1.54, 1.807) is 12.1 Å². The number of carbonyl (C=O) groups excluding carboxylic acids is 1. The van der Waals surface area contributed by atoms with Crippen molar-refractivity contribution < 1.29 is 37.6 Å². The highest BCUT2D eigenvalue weighted by Gasteiger charge is 2.49. The Morgan fingerprint density at radius 2 is 1.82 bits per heavy atom. The highest BCUT2D eigenvalue weighted by atomic mass is 28.3. The molecule has 2 saturated heterocycles. The maximum absolute atomic E-state index is 16.0. The van der Waals surface area contributed by atoms with E-state index in [1.165, 1.54) is 10.6 Å². The predicted octanol–water partition coefficient (Wildman–Crippen LogP) is 4.65. The molecule has 0 radical (unpaired) electrons. The lowest BCUT2D eigenvalue weighted by atomic mass is 9.78. The summed E-state index contributed by atoms with van der Waals surface area (Å²) in [7, 11) is -1.35. The summed E-state index contributed by atoms with van der Waals surface area (Å²) < 4.78 is 56.5. The average Bonchev–Trinajstić information content (AvgIpc) is 3.56. The lowest BCUT2D eigenvalue weighted by Gasteiger charge is -2.24. The van der Waals surface area contributed by atoms with Crippen LogP contribution in [0.1, 0.15) is 24.3 Å². The van der Waals surface area contributed by atoms with E-state index in [-0.39, 0.29) is 54.3 Å². The lowest BCUT2D eigenvalue weighted by molar-refractivity contribution is -0.124. The highest BCUT2D eigenvalue weighted by molar-refractivity contribution is 6.76. The van der Waals surface area contributed by atoms with Gasteiger partial charge in [-0.2, -0.15) is 4.98 Å². The summed E-state index contributed by atoms with van der Waals surface area (Å²) in [4.78, 5) is 15.8. The van der Waals surface area contributed by atoms with Crippen molar-refractivity contribution in [3.05, 3.63) is 47.5 Å². The van der Waals surface area contributed by atoms with Crippen molar-refractivity contribution in [3.63, 3.8) is 0 Å². The minimum absolute atomic E-state index is 0.00843. The third-order valence-corrected chi connectivity index (χ3v) is 9.68. The third-order valence-electron chi connectivity index (χ3n) is 7.98. The molecule has 3 heterocycles. The zero-order chi connectivity index (χ0) is 28.2. The van der Waals surface area contributed by atoms with Crippen LogP contribution in [0.25, 0.3) is 22.2 Å². The first kappa shape index (κ1) is 27.5. The molecule has 3 aromatic rings. The quantitative estimate of drug-likeness (QED) is 0.295. The number of hydrogen-bond acceptors (Lipinski definition) is 7. The molecule has 214 valence electrons. The molecule has 40 heavy (non-hydrogen) atoms. The summed E-state index contributed by atoms with van der Waals surface area (Å²) in [6.07, 6.45) is -1.29. The van der Waals surface area contributed by atoms with Gasteiger partial charge in [0, 0.05) is 33.6 Å².